The fourth-order valence-electron chi connectivity index (χ4n) is 2.94. The molecule has 0 aromatic carbocycles. The third-order valence-electron chi connectivity index (χ3n) is 3.86. The van der Waals surface area contributed by atoms with Crippen LogP contribution in [-0.4, -0.2) is 41.6 Å². The Kier molecular flexibility index (Phi) is 3.28. The van der Waals surface area contributed by atoms with Gasteiger partial charge in [0.05, 0.1) is 11.6 Å². The van der Waals surface area contributed by atoms with Crippen LogP contribution < -0.4 is 4.90 Å². The molecule has 94 valence electrons. The van der Waals surface area contributed by atoms with Gasteiger partial charge in [-0.15, -0.1) is 22.9 Å². The van der Waals surface area contributed by atoms with Crippen molar-refractivity contribution in [2.24, 2.45) is 0 Å². The summed E-state index contributed by atoms with van der Waals surface area (Å²) in [5.41, 5.74) is 1.01. The minimum atomic E-state index is 0.522. The lowest BCUT2D eigenvalue weighted by Gasteiger charge is -2.42. The molecule has 0 N–H and O–H groups in total. The fraction of sp³-hybridized carbons (Fsp3) is 0.750. The standard InChI is InChI=1S/C12H18ClN3S/c1-9-6-15-4-2-3-11(15)7-16(9)12-14-10(5-13)8-17-12/h8-9,11H,2-7H2,1H3. The SMILES string of the molecule is CC1CN2CCCC2CN1c1nc(CCl)cs1. The average Bonchev–Trinajstić information content (AvgIpc) is 2.94. The lowest BCUT2D eigenvalue weighted by Crippen LogP contribution is -2.55. The Morgan fingerprint density at radius 2 is 2.41 bits per heavy atom. The normalized spacial score (nSPS) is 29.6. The monoisotopic (exact) mass is 271 g/mol. The largest absolute Gasteiger partial charge is 0.343 e. The van der Waals surface area contributed by atoms with Gasteiger partial charge in [-0.05, 0) is 26.3 Å². The van der Waals surface area contributed by atoms with Crippen LogP contribution in [0.25, 0.3) is 0 Å². The Morgan fingerprint density at radius 3 is 3.18 bits per heavy atom. The van der Waals surface area contributed by atoms with E-state index in [1.807, 2.05) is 0 Å². The van der Waals surface area contributed by atoms with Gasteiger partial charge in [0.25, 0.3) is 0 Å². The average molecular weight is 272 g/mol. The summed E-state index contributed by atoms with van der Waals surface area (Å²) in [7, 11) is 0. The number of rotatable bonds is 2. The Bertz CT molecular complexity index is 395. The van der Waals surface area contributed by atoms with Crippen molar-refractivity contribution in [2.75, 3.05) is 24.5 Å². The van der Waals surface area contributed by atoms with Crippen LogP contribution in [-0.2, 0) is 5.88 Å². The second-order valence-electron chi connectivity index (χ2n) is 5.05. The zero-order chi connectivity index (χ0) is 11.8. The molecule has 1 aromatic rings. The summed E-state index contributed by atoms with van der Waals surface area (Å²) in [5, 5.41) is 3.23. The highest BCUT2D eigenvalue weighted by Gasteiger charge is 2.35. The first-order chi connectivity index (χ1) is 8.28. The van der Waals surface area contributed by atoms with E-state index in [4.69, 9.17) is 11.6 Å². The predicted molar refractivity (Wildman–Crippen MR) is 73.1 cm³/mol. The number of hydrogen-bond donors (Lipinski definition) is 0. The van der Waals surface area contributed by atoms with Crippen LogP contribution in [0.3, 0.4) is 0 Å². The predicted octanol–water partition coefficient (Wildman–Crippen LogP) is 2.55. The molecule has 2 atom stereocenters. The number of aromatic nitrogens is 1. The van der Waals surface area contributed by atoms with E-state index in [1.165, 1.54) is 25.9 Å². The Morgan fingerprint density at radius 1 is 1.53 bits per heavy atom. The summed E-state index contributed by atoms with van der Waals surface area (Å²) in [4.78, 5) is 9.71. The smallest absolute Gasteiger partial charge is 0.185 e. The van der Waals surface area contributed by atoms with E-state index in [1.54, 1.807) is 11.3 Å². The van der Waals surface area contributed by atoms with Crippen molar-refractivity contribution in [3.63, 3.8) is 0 Å². The van der Waals surface area contributed by atoms with Gasteiger partial charge < -0.3 is 4.90 Å². The highest BCUT2D eigenvalue weighted by Crippen LogP contribution is 2.30. The van der Waals surface area contributed by atoms with E-state index in [0.717, 1.165) is 23.4 Å². The number of fused-ring (bicyclic) bond motifs is 1. The molecule has 5 heteroatoms. The number of nitrogens with zero attached hydrogens (tertiary/aromatic N) is 3. The second kappa shape index (κ2) is 4.75. The number of piperazine rings is 1. The van der Waals surface area contributed by atoms with E-state index in [-0.39, 0.29) is 0 Å². The van der Waals surface area contributed by atoms with Crippen molar-refractivity contribution < 1.29 is 0 Å². The molecule has 2 aliphatic heterocycles. The quantitative estimate of drug-likeness (QED) is 0.771. The molecule has 0 bridgehead atoms. The lowest BCUT2D eigenvalue weighted by molar-refractivity contribution is 0.203. The van der Waals surface area contributed by atoms with Crippen LogP contribution in [0.1, 0.15) is 25.5 Å². The van der Waals surface area contributed by atoms with Gasteiger partial charge in [0.15, 0.2) is 5.13 Å². The molecule has 1 aromatic heterocycles. The van der Waals surface area contributed by atoms with E-state index in [2.05, 4.69) is 27.1 Å². The maximum atomic E-state index is 5.82. The van der Waals surface area contributed by atoms with E-state index in [0.29, 0.717) is 11.9 Å². The van der Waals surface area contributed by atoms with Crippen LogP contribution >= 0.6 is 22.9 Å². The molecule has 3 nitrogen and oxygen atoms in total. The molecule has 0 saturated carbocycles. The molecule has 0 spiro atoms. The summed E-state index contributed by atoms with van der Waals surface area (Å²) in [6.45, 7) is 5.90. The van der Waals surface area contributed by atoms with E-state index in [9.17, 15) is 0 Å². The molecule has 2 saturated heterocycles. The number of hydrogen-bond acceptors (Lipinski definition) is 4. The highest BCUT2D eigenvalue weighted by atomic mass is 35.5. The van der Waals surface area contributed by atoms with Crippen molar-refractivity contribution in [1.29, 1.82) is 0 Å². The van der Waals surface area contributed by atoms with E-state index < -0.39 is 0 Å². The van der Waals surface area contributed by atoms with Gasteiger partial charge in [-0.1, -0.05) is 0 Å². The minimum absolute atomic E-state index is 0.522. The molecule has 2 aliphatic rings. The third-order valence-corrected chi connectivity index (χ3v) is 5.06. The first kappa shape index (κ1) is 11.8. The first-order valence-corrected chi connectivity index (χ1v) is 7.70. The maximum absolute atomic E-state index is 5.82. The van der Waals surface area contributed by atoms with Crippen LogP contribution in [0.2, 0.25) is 0 Å². The van der Waals surface area contributed by atoms with Crippen LogP contribution in [0, 0.1) is 0 Å². The first-order valence-electron chi connectivity index (χ1n) is 6.29. The number of halogens is 1. The molecule has 17 heavy (non-hydrogen) atoms. The molecule has 3 heterocycles. The number of anilines is 1. The zero-order valence-corrected chi connectivity index (χ0v) is 11.7. The molecule has 0 amide bonds. The zero-order valence-electron chi connectivity index (χ0n) is 10.1. The van der Waals surface area contributed by atoms with Crippen molar-refractivity contribution in [1.82, 2.24) is 9.88 Å². The van der Waals surface area contributed by atoms with Crippen molar-refractivity contribution >= 4 is 28.1 Å². The second-order valence-corrected chi connectivity index (χ2v) is 6.15. The van der Waals surface area contributed by atoms with Crippen molar-refractivity contribution in [2.45, 2.75) is 37.7 Å². The number of thiazole rings is 1. The Labute approximate surface area is 111 Å². The Hall–Kier alpha value is -0.320. The molecule has 0 aliphatic carbocycles. The summed E-state index contributed by atoms with van der Waals surface area (Å²) in [5.74, 6) is 0.522. The number of alkyl halides is 1. The molecular formula is C12H18ClN3S. The Balaban J connectivity index is 1.77. The molecule has 3 rings (SSSR count). The van der Waals surface area contributed by atoms with Gasteiger partial charge in [0.2, 0.25) is 0 Å². The molecule has 2 fully saturated rings. The topological polar surface area (TPSA) is 19.4 Å². The summed E-state index contributed by atoms with van der Waals surface area (Å²) in [6, 6.07) is 1.31. The van der Waals surface area contributed by atoms with E-state index >= 15 is 0 Å². The van der Waals surface area contributed by atoms with Gasteiger partial charge in [-0.3, -0.25) is 4.90 Å². The van der Waals surface area contributed by atoms with Gasteiger partial charge in [0.1, 0.15) is 0 Å². The highest BCUT2D eigenvalue weighted by molar-refractivity contribution is 7.13. The fourth-order valence-corrected chi connectivity index (χ4v) is 4.11. The van der Waals surface area contributed by atoms with Crippen LogP contribution in [0.15, 0.2) is 5.38 Å². The summed E-state index contributed by atoms with van der Waals surface area (Å²) >= 11 is 7.55. The van der Waals surface area contributed by atoms with Crippen molar-refractivity contribution in [3.05, 3.63) is 11.1 Å². The van der Waals surface area contributed by atoms with Crippen molar-refractivity contribution in [3.8, 4) is 0 Å². The molecule has 2 unspecified atom stereocenters. The van der Waals surface area contributed by atoms with Crippen LogP contribution in [0.4, 0.5) is 5.13 Å². The van der Waals surface area contributed by atoms with Gasteiger partial charge >= 0.3 is 0 Å². The third kappa shape index (κ3) is 2.18. The van der Waals surface area contributed by atoms with Gasteiger partial charge in [-0.2, -0.15) is 0 Å². The summed E-state index contributed by atoms with van der Waals surface area (Å²) in [6.07, 6.45) is 2.70. The summed E-state index contributed by atoms with van der Waals surface area (Å²) < 4.78 is 0. The van der Waals surface area contributed by atoms with Gasteiger partial charge in [0, 0.05) is 30.6 Å². The lowest BCUT2D eigenvalue weighted by atomic mass is 10.1. The maximum Gasteiger partial charge on any atom is 0.185 e. The van der Waals surface area contributed by atoms with Crippen LogP contribution in [0.5, 0.6) is 0 Å². The minimum Gasteiger partial charge on any atom is -0.343 e. The molecule has 0 radical (unpaired) electrons. The van der Waals surface area contributed by atoms with Gasteiger partial charge in [-0.25, -0.2) is 4.98 Å². The molecular weight excluding hydrogens is 254 g/mol.